The fraction of sp³-hybridized carbons (Fsp3) is 0.412. The molecule has 0 radical (unpaired) electrons. The van der Waals surface area contributed by atoms with Gasteiger partial charge >= 0.3 is 17.9 Å². The van der Waals surface area contributed by atoms with Gasteiger partial charge in [0, 0.05) is 17.8 Å². The number of nitrogens with two attached hydrogens (primary N) is 1. The molecule has 0 spiro atoms. The number of hydrogen-bond donors (Lipinski definition) is 6. The number of hydrogen-bond acceptors (Lipinski definition) is 7. The highest BCUT2D eigenvalue weighted by Gasteiger charge is 2.28. The number of carboxylic acid groups (broad SMARTS) is 3. The first kappa shape index (κ1) is 22.9. The number of unbranched alkanes of at least 4 members (excludes halogenated alkanes) is 1. The molecule has 0 heterocycles. The van der Waals surface area contributed by atoms with Crippen LogP contribution in [0.5, 0.6) is 0 Å². The van der Waals surface area contributed by atoms with Gasteiger partial charge in [0.25, 0.3) is 5.91 Å². The Morgan fingerprint density at radius 1 is 0.964 bits per heavy atom. The first-order chi connectivity index (χ1) is 13.2. The van der Waals surface area contributed by atoms with Crippen LogP contribution in [0.3, 0.4) is 0 Å². The van der Waals surface area contributed by atoms with Crippen LogP contribution in [0.2, 0.25) is 0 Å². The highest BCUT2D eigenvalue weighted by Crippen LogP contribution is 2.10. The Hall–Kier alpha value is -3.18. The Bertz CT molecular complexity index is 677. The van der Waals surface area contributed by atoms with E-state index in [1.807, 2.05) is 0 Å². The number of nitrogens with zero attached hydrogens (tertiary/aromatic N) is 1. The largest absolute Gasteiger partial charge is 0.480 e. The molecule has 0 fully saturated rings. The summed E-state index contributed by atoms with van der Waals surface area (Å²) in [6, 6.07) is 5.25. The number of hydrazine groups is 1. The number of benzene rings is 1. The van der Waals surface area contributed by atoms with Crippen molar-refractivity contribution < 1.29 is 34.5 Å². The van der Waals surface area contributed by atoms with E-state index < -0.39 is 37.0 Å². The molecular weight excluding hydrogens is 372 g/mol. The Morgan fingerprint density at radius 3 is 2.00 bits per heavy atom. The minimum atomic E-state index is -1.31. The van der Waals surface area contributed by atoms with Crippen molar-refractivity contribution in [2.75, 3.05) is 25.1 Å². The highest BCUT2D eigenvalue weighted by molar-refractivity contribution is 5.94. The molecule has 0 aliphatic rings. The van der Waals surface area contributed by atoms with E-state index in [9.17, 15) is 24.3 Å². The van der Waals surface area contributed by atoms with Crippen LogP contribution in [0, 0.1) is 0 Å². The number of rotatable bonds is 13. The van der Waals surface area contributed by atoms with E-state index in [0.717, 1.165) is 4.90 Å². The molecule has 28 heavy (non-hydrogen) atoms. The van der Waals surface area contributed by atoms with Gasteiger partial charge in [-0.05, 0) is 43.5 Å². The van der Waals surface area contributed by atoms with Crippen molar-refractivity contribution in [2.45, 2.75) is 25.3 Å². The van der Waals surface area contributed by atoms with Crippen LogP contribution in [-0.2, 0) is 14.4 Å². The average Bonchev–Trinajstić information content (AvgIpc) is 2.62. The maximum Gasteiger partial charge on any atom is 0.320 e. The Morgan fingerprint density at radius 2 is 1.54 bits per heavy atom. The quantitative estimate of drug-likeness (QED) is 0.148. The van der Waals surface area contributed by atoms with E-state index >= 15 is 0 Å². The maximum atomic E-state index is 12.0. The van der Waals surface area contributed by atoms with Crippen LogP contribution in [0.1, 0.15) is 29.6 Å². The lowest BCUT2D eigenvalue weighted by Gasteiger charge is -2.25. The number of nitrogen functional groups attached to an aromatic ring is 1. The van der Waals surface area contributed by atoms with Crippen molar-refractivity contribution in [3.8, 4) is 0 Å². The highest BCUT2D eigenvalue weighted by atomic mass is 16.4. The van der Waals surface area contributed by atoms with Gasteiger partial charge in [-0.25, -0.2) is 0 Å². The Kier molecular flexibility index (Phi) is 9.40. The van der Waals surface area contributed by atoms with Crippen molar-refractivity contribution in [2.24, 2.45) is 5.84 Å². The van der Waals surface area contributed by atoms with E-state index in [-0.39, 0.29) is 12.3 Å². The van der Waals surface area contributed by atoms with Gasteiger partial charge in [-0.1, -0.05) is 0 Å². The summed E-state index contributed by atoms with van der Waals surface area (Å²) in [7, 11) is 0. The number of carbonyl (C=O) groups is 4. The molecule has 11 nitrogen and oxygen atoms in total. The number of carbonyl (C=O) groups excluding carboxylic acids is 1. The van der Waals surface area contributed by atoms with Crippen molar-refractivity contribution in [3.63, 3.8) is 0 Å². The van der Waals surface area contributed by atoms with Gasteiger partial charge in [0.1, 0.15) is 6.04 Å². The fourth-order valence-electron chi connectivity index (χ4n) is 2.57. The normalized spacial score (nSPS) is 11.6. The first-order valence-electron chi connectivity index (χ1n) is 8.50. The second kappa shape index (κ2) is 11.5. The molecule has 7 N–H and O–H groups in total. The van der Waals surface area contributed by atoms with Gasteiger partial charge in [0.05, 0.1) is 13.1 Å². The molecule has 0 aromatic heterocycles. The zero-order chi connectivity index (χ0) is 21.1. The molecule has 154 valence electrons. The number of carboxylic acids is 3. The van der Waals surface area contributed by atoms with Gasteiger partial charge in [-0.2, -0.15) is 0 Å². The molecule has 1 aromatic carbocycles. The van der Waals surface area contributed by atoms with Gasteiger partial charge < -0.3 is 26.1 Å². The summed E-state index contributed by atoms with van der Waals surface area (Å²) in [4.78, 5) is 46.0. The predicted octanol–water partition coefficient (Wildman–Crippen LogP) is -0.203. The number of aliphatic carboxylic acids is 3. The summed E-state index contributed by atoms with van der Waals surface area (Å²) in [5, 5.41) is 29.7. The molecule has 0 saturated carbocycles. The van der Waals surface area contributed by atoms with E-state index in [4.69, 9.17) is 16.1 Å². The number of amides is 1. The van der Waals surface area contributed by atoms with Gasteiger partial charge in [-0.3, -0.25) is 29.9 Å². The van der Waals surface area contributed by atoms with Crippen LogP contribution in [0.4, 0.5) is 5.69 Å². The monoisotopic (exact) mass is 396 g/mol. The van der Waals surface area contributed by atoms with Crippen molar-refractivity contribution >= 4 is 29.5 Å². The average molecular weight is 396 g/mol. The lowest BCUT2D eigenvalue weighted by Crippen LogP contribution is -2.46. The summed E-state index contributed by atoms with van der Waals surface area (Å²) >= 11 is 0. The molecule has 0 saturated heterocycles. The molecule has 1 atom stereocenters. The SMILES string of the molecule is NNc1ccc(C(=O)NCCCCC(C(=O)O)N(CC(=O)O)CC(=O)O)cc1. The van der Waals surface area contributed by atoms with E-state index in [2.05, 4.69) is 10.7 Å². The molecule has 1 unspecified atom stereocenters. The smallest absolute Gasteiger partial charge is 0.320 e. The van der Waals surface area contributed by atoms with Crippen LogP contribution in [0.25, 0.3) is 0 Å². The Balaban J connectivity index is 2.48. The molecule has 1 aromatic rings. The molecule has 0 aliphatic carbocycles. The lowest BCUT2D eigenvalue weighted by molar-refractivity contribution is -0.149. The minimum absolute atomic E-state index is 0.0582. The van der Waals surface area contributed by atoms with Crippen LogP contribution in [-0.4, -0.2) is 69.7 Å². The first-order valence-corrected chi connectivity index (χ1v) is 8.50. The standard InChI is InChI=1S/C17H24N4O7/c18-20-12-6-4-11(5-7-12)16(26)19-8-2-1-3-13(17(27)28)21(9-14(22)23)10-15(24)25/h4-7,13,20H,1-3,8-10,18H2,(H,19,26)(H,22,23)(H,24,25)(H,27,28). The second-order valence-corrected chi connectivity index (χ2v) is 6.02. The van der Waals surface area contributed by atoms with Crippen molar-refractivity contribution in [1.82, 2.24) is 10.2 Å². The molecule has 1 amide bonds. The zero-order valence-corrected chi connectivity index (χ0v) is 15.1. The summed E-state index contributed by atoms with van der Waals surface area (Å²) in [6.07, 6.45) is 0.873. The summed E-state index contributed by atoms with van der Waals surface area (Å²) in [5.41, 5.74) is 3.55. The molecule has 11 heteroatoms. The van der Waals surface area contributed by atoms with Crippen LogP contribution < -0.4 is 16.6 Å². The third-order valence-corrected chi connectivity index (χ3v) is 3.91. The van der Waals surface area contributed by atoms with Crippen molar-refractivity contribution in [3.05, 3.63) is 29.8 Å². The topological polar surface area (TPSA) is 182 Å². The predicted molar refractivity (Wildman–Crippen MR) is 98.7 cm³/mol. The minimum Gasteiger partial charge on any atom is -0.480 e. The van der Waals surface area contributed by atoms with Crippen LogP contribution >= 0.6 is 0 Å². The molecule has 1 rings (SSSR count). The van der Waals surface area contributed by atoms with E-state index in [1.54, 1.807) is 24.3 Å². The summed E-state index contributed by atoms with van der Waals surface area (Å²) < 4.78 is 0. The van der Waals surface area contributed by atoms with Crippen LogP contribution in [0.15, 0.2) is 24.3 Å². The lowest BCUT2D eigenvalue weighted by atomic mass is 10.1. The molecule has 0 bridgehead atoms. The third-order valence-electron chi connectivity index (χ3n) is 3.91. The fourth-order valence-corrected chi connectivity index (χ4v) is 2.57. The van der Waals surface area contributed by atoms with Crippen molar-refractivity contribution in [1.29, 1.82) is 0 Å². The second-order valence-electron chi connectivity index (χ2n) is 6.02. The van der Waals surface area contributed by atoms with E-state index in [1.165, 1.54) is 0 Å². The van der Waals surface area contributed by atoms with Gasteiger partial charge in [0.15, 0.2) is 0 Å². The number of nitrogens with one attached hydrogen (secondary N) is 2. The number of anilines is 1. The van der Waals surface area contributed by atoms with E-state index in [0.29, 0.717) is 30.6 Å². The maximum absolute atomic E-state index is 12.0. The van der Waals surface area contributed by atoms with Gasteiger partial charge in [0.2, 0.25) is 0 Å². The zero-order valence-electron chi connectivity index (χ0n) is 15.1. The molecule has 0 aliphatic heterocycles. The summed E-state index contributed by atoms with van der Waals surface area (Å²) in [6.45, 7) is -1.08. The van der Waals surface area contributed by atoms with Gasteiger partial charge in [-0.15, -0.1) is 0 Å². The Labute approximate surface area is 161 Å². The summed E-state index contributed by atoms with van der Waals surface area (Å²) in [5.74, 6) is 1.04. The molecular formula is C17H24N4O7. The third kappa shape index (κ3) is 8.01.